The number of fused-ring (bicyclic) bond motifs is 1. The van der Waals surface area contributed by atoms with E-state index in [9.17, 15) is 4.79 Å². The molecular weight excluding hydrogens is 218 g/mol. The Labute approximate surface area is 98.7 Å². The fraction of sp³-hybridized carbons (Fsp3) is 0.250. The largest absolute Gasteiger partial charge is 0.466 e. The number of hydrogen-bond acceptors (Lipinski definition) is 4. The Balaban J connectivity index is 2.22. The van der Waals surface area contributed by atoms with E-state index in [0.717, 1.165) is 11.0 Å². The number of carbonyl (C=O) groups is 1. The summed E-state index contributed by atoms with van der Waals surface area (Å²) in [6, 6.07) is 7.68. The lowest BCUT2D eigenvalue weighted by Crippen LogP contribution is -2.04. The lowest BCUT2D eigenvalue weighted by Gasteiger charge is -2.00. The average molecular weight is 231 g/mol. The molecule has 88 valence electrons. The first kappa shape index (κ1) is 11.3. The highest BCUT2D eigenvalue weighted by Crippen LogP contribution is 2.10. The number of ether oxygens (including phenoxy) is 1. The smallest absolute Gasteiger partial charge is 0.333 e. The maximum Gasteiger partial charge on any atom is 0.333 e. The number of benzene rings is 1. The number of methoxy groups -OCH3 is 1. The van der Waals surface area contributed by atoms with Gasteiger partial charge in [-0.2, -0.15) is 0 Å². The summed E-state index contributed by atoms with van der Waals surface area (Å²) < 4.78 is 6.35. The predicted octanol–water partition coefficient (Wildman–Crippen LogP) is 1.55. The van der Waals surface area contributed by atoms with Crippen LogP contribution < -0.4 is 0 Å². The zero-order valence-corrected chi connectivity index (χ0v) is 9.75. The van der Waals surface area contributed by atoms with Crippen molar-refractivity contribution in [1.29, 1.82) is 0 Å². The molecule has 0 saturated heterocycles. The molecule has 0 fully saturated rings. The van der Waals surface area contributed by atoms with Gasteiger partial charge >= 0.3 is 5.97 Å². The molecule has 0 spiro atoms. The second kappa shape index (κ2) is 4.78. The van der Waals surface area contributed by atoms with E-state index in [1.54, 1.807) is 17.7 Å². The van der Waals surface area contributed by atoms with Crippen LogP contribution in [0.2, 0.25) is 0 Å². The minimum Gasteiger partial charge on any atom is -0.466 e. The minimum atomic E-state index is -0.325. The van der Waals surface area contributed by atoms with Crippen molar-refractivity contribution in [3.63, 3.8) is 0 Å². The summed E-state index contributed by atoms with van der Waals surface area (Å²) >= 11 is 0. The molecule has 0 bridgehead atoms. The van der Waals surface area contributed by atoms with E-state index in [4.69, 9.17) is 0 Å². The van der Waals surface area contributed by atoms with Gasteiger partial charge in [0, 0.05) is 5.57 Å². The van der Waals surface area contributed by atoms with Gasteiger partial charge in [0.2, 0.25) is 0 Å². The Morgan fingerprint density at radius 2 is 2.24 bits per heavy atom. The predicted molar refractivity (Wildman–Crippen MR) is 63.3 cm³/mol. The topological polar surface area (TPSA) is 57.0 Å². The van der Waals surface area contributed by atoms with Crippen LogP contribution in [0.5, 0.6) is 0 Å². The third kappa shape index (κ3) is 2.33. The number of esters is 1. The van der Waals surface area contributed by atoms with Crippen LogP contribution >= 0.6 is 0 Å². The fourth-order valence-electron chi connectivity index (χ4n) is 1.52. The number of nitrogens with zero attached hydrogens (tertiary/aromatic N) is 3. The lowest BCUT2D eigenvalue weighted by atomic mass is 10.3. The van der Waals surface area contributed by atoms with Crippen LogP contribution in [-0.4, -0.2) is 28.1 Å². The maximum absolute atomic E-state index is 11.2. The van der Waals surface area contributed by atoms with Crippen molar-refractivity contribution in [3.05, 3.63) is 35.9 Å². The van der Waals surface area contributed by atoms with Crippen molar-refractivity contribution in [2.75, 3.05) is 7.11 Å². The van der Waals surface area contributed by atoms with Gasteiger partial charge in [-0.3, -0.25) is 0 Å². The van der Waals surface area contributed by atoms with Gasteiger partial charge < -0.3 is 4.74 Å². The highest BCUT2D eigenvalue weighted by Gasteiger charge is 2.04. The Hall–Kier alpha value is -2.17. The summed E-state index contributed by atoms with van der Waals surface area (Å²) in [5, 5.41) is 8.05. The van der Waals surface area contributed by atoms with Gasteiger partial charge in [-0.05, 0) is 19.1 Å². The van der Waals surface area contributed by atoms with Crippen molar-refractivity contribution < 1.29 is 9.53 Å². The number of aromatic nitrogens is 3. The molecule has 0 saturated carbocycles. The van der Waals surface area contributed by atoms with Crippen LogP contribution in [-0.2, 0) is 16.1 Å². The van der Waals surface area contributed by atoms with Crippen LogP contribution in [0.3, 0.4) is 0 Å². The third-order valence-electron chi connectivity index (χ3n) is 2.50. The molecule has 5 heteroatoms. The molecule has 2 aromatic rings. The van der Waals surface area contributed by atoms with Gasteiger partial charge in [-0.1, -0.05) is 23.4 Å². The quantitative estimate of drug-likeness (QED) is 0.594. The zero-order chi connectivity index (χ0) is 12.3. The first-order valence-corrected chi connectivity index (χ1v) is 5.25. The Morgan fingerprint density at radius 3 is 3.00 bits per heavy atom. The standard InChI is InChI=1S/C12H13N3O2/c1-9(12(16)17-2)7-8-15-11-6-4-3-5-10(11)13-14-15/h3-7H,8H2,1-2H3. The molecule has 0 unspecified atom stereocenters. The average Bonchev–Trinajstić information content (AvgIpc) is 2.78. The SMILES string of the molecule is COC(=O)C(C)=CCn1nnc2ccccc21. The van der Waals surface area contributed by atoms with Crippen LogP contribution in [0, 0.1) is 0 Å². The van der Waals surface area contributed by atoms with E-state index < -0.39 is 0 Å². The van der Waals surface area contributed by atoms with Crippen molar-refractivity contribution >= 4 is 17.0 Å². The number of para-hydroxylation sites is 1. The van der Waals surface area contributed by atoms with Crippen molar-refractivity contribution in [1.82, 2.24) is 15.0 Å². The second-order valence-corrected chi connectivity index (χ2v) is 3.64. The van der Waals surface area contributed by atoms with E-state index in [-0.39, 0.29) is 5.97 Å². The molecule has 1 aromatic carbocycles. The van der Waals surface area contributed by atoms with Crippen LogP contribution in [0.1, 0.15) is 6.92 Å². The van der Waals surface area contributed by atoms with Gasteiger partial charge in [0.15, 0.2) is 0 Å². The molecule has 1 heterocycles. The van der Waals surface area contributed by atoms with E-state index in [1.807, 2.05) is 24.3 Å². The van der Waals surface area contributed by atoms with Crippen LogP contribution in [0.15, 0.2) is 35.9 Å². The molecule has 0 atom stereocenters. The van der Waals surface area contributed by atoms with Gasteiger partial charge in [0.25, 0.3) is 0 Å². The molecule has 0 aliphatic rings. The molecule has 0 radical (unpaired) electrons. The number of rotatable bonds is 3. The zero-order valence-electron chi connectivity index (χ0n) is 9.75. The van der Waals surface area contributed by atoms with Crippen LogP contribution in [0.4, 0.5) is 0 Å². The van der Waals surface area contributed by atoms with Gasteiger partial charge in [-0.25, -0.2) is 9.48 Å². The number of hydrogen-bond donors (Lipinski definition) is 0. The summed E-state index contributed by atoms with van der Waals surface area (Å²) in [5.74, 6) is -0.325. The van der Waals surface area contributed by atoms with E-state index in [1.165, 1.54) is 7.11 Å². The fourth-order valence-corrected chi connectivity index (χ4v) is 1.52. The molecule has 0 N–H and O–H groups in total. The lowest BCUT2D eigenvalue weighted by molar-refractivity contribution is -0.136. The summed E-state index contributed by atoms with van der Waals surface area (Å²) in [6.07, 6.45) is 1.77. The van der Waals surface area contributed by atoms with Gasteiger partial charge in [0.05, 0.1) is 19.2 Å². The summed E-state index contributed by atoms with van der Waals surface area (Å²) in [6.45, 7) is 2.21. The maximum atomic E-state index is 11.2. The summed E-state index contributed by atoms with van der Waals surface area (Å²) in [7, 11) is 1.37. The third-order valence-corrected chi connectivity index (χ3v) is 2.50. The highest BCUT2D eigenvalue weighted by molar-refractivity contribution is 5.87. The normalized spacial score (nSPS) is 11.8. The Kier molecular flexibility index (Phi) is 3.18. The van der Waals surface area contributed by atoms with Crippen molar-refractivity contribution in [2.45, 2.75) is 13.5 Å². The highest BCUT2D eigenvalue weighted by atomic mass is 16.5. The molecule has 1 aromatic heterocycles. The molecule has 0 aliphatic carbocycles. The molecule has 0 amide bonds. The minimum absolute atomic E-state index is 0.325. The van der Waals surface area contributed by atoms with Gasteiger partial charge in [0.1, 0.15) is 5.52 Å². The Morgan fingerprint density at radius 1 is 1.47 bits per heavy atom. The molecule has 17 heavy (non-hydrogen) atoms. The van der Waals surface area contributed by atoms with Gasteiger partial charge in [-0.15, -0.1) is 5.10 Å². The first-order chi connectivity index (χ1) is 8.22. The summed E-state index contributed by atoms with van der Waals surface area (Å²) in [4.78, 5) is 11.2. The first-order valence-electron chi connectivity index (χ1n) is 5.25. The van der Waals surface area contributed by atoms with Crippen molar-refractivity contribution in [2.24, 2.45) is 0 Å². The molecular formula is C12H13N3O2. The Bertz CT molecular complexity index is 572. The number of allylic oxidation sites excluding steroid dienone is 1. The summed E-state index contributed by atoms with van der Waals surface area (Å²) in [5.41, 5.74) is 2.35. The van der Waals surface area contributed by atoms with E-state index in [0.29, 0.717) is 12.1 Å². The monoisotopic (exact) mass is 231 g/mol. The second-order valence-electron chi connectivity index (χ2n) is 3.64. The van der Waals surface area contributed by atoms with Crippen molar-refractivity contribution in [3.8, 4) is 0 Å². The van der Waals surface area contributed by atoms with Crippen LogP contribution in [0.25, 0.3) is 11.0 Å². The molecule has 5 nitrogen and oxygen atoms in total. The van der Waals surface area contributed by atoms with E-state index in [2.05, 4.69) is 15.0 Å². The van der Waals surface area contributed by atoms with E-state index >= 15 is 0 Å². The molecule has 2 rings (SSSR count). The number of carbonyl (C=O) groups excluding carboxylic acids is 1. The molecule has 0 aliphatic heterocycles.